The number of nitrogens with one attached hydrogen (secondary N) is 1. The van der Waals surface area contributed by atoms with Gasteiger partial charge in [0, 0.05) is 11.7 Å². The SMILES string of the molecule is CCC(C)NC(=O)Cn1nc(C(F)F)cc1C. The molecule has 0 aliphatic rings. The van der Waals surface area contributed by atoms with Gasteiger partial charge < -0.3 is 5.32 Å². The van der Waals surface area contributed by atoms with E-state index in [4.69, 9.17) is 0 Å². The van der Waals surface area contributed by atoms with Crippen LogP contribution in [-0.4, -0.2) is 21.7 Å². The van der Waals surface area contributed by atoms with Crippen LogP contribution in [-0.2, 0) is 11.3 Å². The van der Waals surface area contributed by atoms with E-state index in [9.17, 15) is 13.6 Å². The Kier molecular flexibility index (Phi) is 4.60. The molecule has 1 rings (SSSR count). The van der Waals surface area contributed by atoms with Gasteiger partial charge in [-0.1, -0.05) is 6.92 Å². The zero-order valence-corrected chi connectivity index (χ0v) is 10.2. The topological polar surface area (TPSA) is 46.9 Å². The molecule has 1 heterocycles. The zero-order valence-electron chi connectivity index (χ0n) is 10.2. The molecule has 0 saturated heterocycles. The molecule has 4 nitrogen and oxygen atoms in total. The number of aromatic nitrogens is 2. The molecule has 1 aromatic rings. The van der Waals surface area contributed by atoms with E-state index in [0.717, 1.165) is 6.42 Å². The molecule has 1 aromatic heterocycles. The molecule has 6 heteroatoms. The van der Waals surface area contributed by atoms with Crippen LogP contribution in [0.1, 0.15) is 38.1 Å². The minimum atomic E-state index is -2.60. The van der Waals surface area contributed by atoms with Crippen molar-refractivity contribution >= 4 is 5.91 Å². The highest BCUT2D eigenvalue weighted by molar-refractivity contribution is 5.75. The third kappa shape index (κ3) is 3.80. The number of carbonyl (C=O) groups is 1. The lowest BCUT2D eigenvalue weighted by molar-refractivity contribution is -0.122. The first-order valence-corrected chi connectivity index (χ1v) is 5.55. The molecule has 17 heavy (non-hydrogen) atoms. The smallest absolute Gasteiger partial charge is 0.282 e. The Morgan fingerprint density at radius 1 is 1.59 bits per heavy atom. The van der Waals surface area contributed by atoms with E-state index in [0.29, 0.717) is 5.69 Å². The van der Waals surface area contributed by atoms with E-state index >= 15 is 0 Å². The molecule has 1 amide bonds. The van der Waals surface area contributed by atoms with Crippen molar-refractivity contribution in [3.8, 4) is 0 Å². The van der Waals surface area contributed by atoms with Gasteiger partial charge >= 0.3 is 0 Å². The molecular formula is C11H17F2N3O. The average Bonchev–Trinajstić information content (AvgIpc) is 2.60. The molecule has 0 aliphatic heterocycles. The Hall–Kier alpha value is -1.46. The number of hydrogen-bond acceptors (Lipinski definition) is 2. The molecule has 0 fully saturated rings. The lowest BCUT2D eigenvalue weighted by Gasteiger charge is -2.11. The van der Waals surface area contributed by atoms with E-state index < -0.39 is 6.43 Å². The molecule has 0 aliphatic carbocycles. The van der Waals surface area contributed by atoms with E-state index in [1.165, 1.54) is 10.7 Å². The first-order chi connectivity index (χ1) is 7.93. The van der Waals surface area contributed by atoms with Crippen molar-refractivity contribution < 1.29 is 13.6 Å². The molecule has 0 radical (unpaired) electrons. The standard InChI is InChI=1S/C11H17F2N3O/c1-4-7(2)14-10(17)6-16-8(3)5-9(15-16)11(12)13/h5,7,11H,4,6H2,1-3H3,(H,14,17). The lowest BCUT2D eigenvalue weighted by atomic mass is 10.2. The summed E-state index contributed by atoms with van der Waals surface area (Å²) in [6.07, 6.45) is -1.78. The predicted octanol–water partition coefficient (Wildman–Crippen LogP) is 2.04. The molecule has 1 atom stereocenters. The summed E-state index contributed by atoms with van der Waals surface area (Å²) in [6, 6.07) is 1.37. The minimum Gasteiger partial charge on any atom is -0.352 e. The Morgan fingerprint density at radius 3 is 2.71 bits per heavy atom. The first kappa shape index (κ1) is 13.6. The molecular weight excluding hydrogens is 228 g/mol. The maximum absolute atomic E-state index is 12.4. The van der Waals surface area contributed by atoms with Gasteiger partial charge in [-0.3, -0.25) is 9.48 Å². The summed E-state index contributed by atoms with van der Waals surface area (Å²) in [4.78, 5) is 11.6. The van der Waals surface area contributed by atoms with Gasteiger partial charge in [0.15, 0.2) is 0 Å². The molecule has 1 N–H and O–H groups in total. The first-order valence-electron chi connectivity index (χ1n) is 5.55. The van der Waals surface area contributed by atoms with Gasteiger partial charge in [0.1, 0.15) is 12.2 Å². The number of rotatable bonds is 5. The van der Waals surface area contributed by atoms with Crippen LogP contribution in [0.4, 0.5) is 8.78 Å². The minimum absolute atomic E-state index is 0.0249. The fraction of sp³-hybridized carbons (Fsp3) is 0.636. The van der Waals surface area contributed by atoms with Gasteiger partial charge in [0.05, 0.1) is 0 Å². The fourth-order valence-corrected chi connectivity index (χ4v) is 1.36. The Balaban J connectivity index is 2.65. The lowest BCUT2D eigenvalue weighted by Crippen LogP contribution is -2.35. The van der Waals surface area contributed by atoms with E-state index in [1.807, 2.05) is 13.8 Å². The number of alkyl halides is 2. The maximum atomic E-state index is 12.4. The number of halogens is 2. The number of carbonyl (C=O) groups excluding carboxylic acids is 1. The second-order valence-electron chi connectivity index (χ2n) is 4.05. The molecule has 0 bridgehead atoms. The third-order valence-corrected chi connectivity index (χ3v) is 2.54. The summed E-state index contributed by atoms with van der Waals surface area (Å²) >= 11 is 0. The molecule has 0 saturated carbocycles. The van der Waals surface area contributed by atoms with Crippen LogP contribution in [0, 0.1) is 6.92 Å². The fourth-order valence-electron chi connectivity index (χ4n) is 1.36. The average molecular weight is 245 g/mol. The highest BCUT2D eigenvalue weighted by atomic mass is 19.3. The number of amides is 1. The van der Waals surface area contributed by atoms with E-state index in [1.54, 1.807) is 6.92 Å². The summed E-state index contributed by atoms with van der Waals surface area (Å²) in [5, 5.41) is 6.44. The van der Waals surface area contributed by atoms with Crippen molar-refractivity contribution in [3.63, 3.8) is 0 Å². The van der Waals surface area contributed by atoms with Gasteiger partial charge in [-0.25, -0.2) is 8.78 Å². The number of nitrogens with zero attached hydrogens (tertiary/aromatic N) is 2. The van der Waals surface area contributed by atoms with Crippen LogP contribution >= 0.6 is 0 Å². The molecule has 96 valence electrons. The van der Waals surface area contributed by atoms with Gasteiger partial charge in [-0.2, -0.15) is 5.10 Å². The zero-order chi connectivity index (χ0) is 13.0. The van der Waals surface area contributed by atoms with E-state index in [-0.39, 0.29) is 24.2 Å². The highest BCUT2D eigenvalue weighted by Gasteiger charge is 2.15. The summed E-state index contributed by atoms with van der Waals surface area (Å²) in [5.41, 5.74) is 0.262. The van der Waals surface area contributed by atoms with Crippen molar-refractivity contribution in [2.45, 2.75) is 46.2 Å². The number of aryl methyl sites for hydroxylation is 1. The van der Waals surface area contributed by atoms with Crippen LogP contribution in [0.25, 0.3) is 0 Å². The summed E-state index contributed by atoms with van der Waals surface area (Å²) < 4.78 is 26.1. The second kappa shape index (κ2) is 5.75. The van der Waals surface area contributed by atoms with Gasteiger partial charge in [-0.05, 0) is 26.3 Å². The maximum Gasteiger partial charge on any atom is 0.282 e. The van der Waals surface area contributed by atoms with Gasteiger partial charge in [-0.15, -0.1) is 0 Å². The van der Waals surface area contributed by atoms with Crippen LogP contribution in [0.3, 0.4) is 0 Å². The van der Waals surface area contributed by atoms with Gasteiger partial charge in [0.25, 0.3) is 6.43 Å². The monoisotopic (exact) mass is 245 g/mol. The van der Waals surface area contributed by atoms with Crippen molar-refractivity contribution in [1.29, 1.82) is 0 Å². The van der Waals surface area contributed by atoms with Crippen molar-refractivity contribution in [3.05, 3.63) is 17.5 Å². The van der Waals surface area contributed by atoms with Crippen LogP contribution < -0.4 is 5.32 Å². The van der Waals surface area contributed by atoms with Crippen molar-refractivity contribution in [2.24, 2.45) is 0 Å². The van der Waals surface area contributed by atoms with Crippen LogP contribution in [0.5, 0.6) is 0 Å². The second-order valence-corrected chi connectivity index (χ2v) is 4.05. The van der Waals surface area contributed by atoms with Crippen LogP contribution in [0.15, 0.2) is 6.07 Å². The molecule has 1 unspecified atom stereocenters. The third-order valence-electron chi connectivity index (χ3n) is 2.54. The predicted molar refractivity (Wildman–Crippen MR) is 59.8 cm³/mol. The number of hydrogen-bond donors (Lipinski definition) is 1. The van der Waals surface area contributed by atoms with Crippen molar-refractivity contribution in [1.82, 2.24) is 15.1 Å². The Bertz CT molecular complexity index is 390. The molecule has 0 spiro atoms. The summed E-state index contributed by atoms with van der Waals surface area (Å²) in [6.45, 7) is 5.47. The normalized spacial score (nSPS) is 12.8. The van der Waals surface area contributed by atoms with Crippen molar-refractivity contribution in [2.75, 3.05) is 0 Å². The largest absolute Gasteiger partial charge is 0.352 e. The Morgan fingerprint density at radius 2 is 2.24 bits per heavy atom. The Labute approximate surface area is 99.0 Å². The van der Waals surface area contributed by atoms with Gasteiger partial charge in [0.2, 0.25) is 5.91 Å². The van der Waals surface area contributed by atoms with Crippen LogP contribution in [0.2, 0.25) is 0 Å². The highest BCUT2D eigenvalue weighted by Crippen LogP contribution is 2.17. The van der Waals surface area contributed by atoms with E-state index in [2.05, 4.69) is 10.4 Å². The quantitative estimate of drug-likeness (QED) is 0.863. The summed E-state index contributed by atoms with van der Waals surface area (Å²) in [5.74, 6) is -0.216. The summed E-state index contributed by atoms with van der Waals surface area (Å²) in [7, 11) is 0. The molecule has 0 aromatic carbocycles.